The molecule has 1 heterocycles. The molecule has 190 valence electrons. The molecule has 0 unspecified atom stereocenters. The van der Waals surface area contributed by atoms with E-state index in [4.69, 9.17) is 33.3 Å². The lowest BCUT2D eigenvalue weighted by molar-refractivity contribution is -0.136. The van der Waals surface area contributed by atoms with E-state index in [1.807, 2.05) is 37.3 Å². The number of anilines is 2. The highest BCUT2D eigenvalue weighted by Crippen LogP contribution is 2.41. The summed E-state index contributed by atoms with van der Waals surface area (Å²) in [6.45, 7) is 7.15. The van der Waals surface area contributed by atoms with Crippen molar-refractivity contribution in [1.29, 1.82) is 0 Å². The van der Waals surface area contributed by atoms with Gasteiger partial charge in [-0.05, 0) is 80.8 Å². The molecule has 0 atom stereocenters. The van der Waals surface area contributed by atoms with E-state index in [0.717, 1.165) is 43.0 Å². The first kappa shape index (κ1) is 27.4. The van der Waals surface area contributed by atoms with Gasteiger partial charge >= 0.3 is 5.97 Å². The van der Waals surface area contributed by atoms with E-state index in [1.54, 1.807) is 46.0 Å². The fourth-order valence-electron chi connectivity index (χ4n) is 3.64. The monoisotopic (exact) mass is 526 g/mol. The number of carbonyl (C=O) groups is 1. The largest absolute Gasteiger partial charge is 0.481 e. The lowest BCUT2D eigenvalue weighted by Gasteiger charge is -2.15. The number of rotatable bonds is 5. The quantitative estimate of drug-likeness (QED) is 0.145. The number of aryl methyl sites for hydroxylation is 1. The molecule has 0 aliphatic rings. The van der Waals surface area contributed by atoms with Gasteiger partial charge in [0.2, 0.25) is 0 Å². The van der Waals surface area contributed by atoms with Crippen LogP contribution in [0.1, 0.15) is 31.9 Å². The molecular formula is C27H31ClN4O3S. The smallest absolute Gasteiger partial charge is 0.307 e. The number of aromatic nitrogens is 1. The van der Waals surface area contributed by atoms with Crippen LogP contribution in [0, 0.1) is 6.92 Å². The second-order valence-corrected chi connectivity index (χ2v) is 11.0. The van der Waals surface area contributed by atoms with Gasteiger partial charge in [0.05, 0.1) is 33.6 Å². The summed E-state index contributed by atoms with van der Waals surface area (Å²) in [7, 11) is 1.73. The lowest BCUT2D eigenvalue weighted by atomic mass is 9.93. The summed E-state index contributed by atoms with van der Waals surface area (Å²) in [4.78, 5) is 16.4. The van der Waals surface area contributed by atoms with Gasteiger partial charge in [-0.3, -0.25) is 4.79 Å². The summed E-state index contributed by atoms with van der Waals surface area (Å²) in [5, 5.41) is 20.9. The number of fused-ring (bicyclic) bond motifs is 1. The molecule has 0 saturated heterocycles. The topological polar surface area (TPSA) is 126 Å². The van der Waals surface area contributed by atoms with E-state index >= 15 is 0 Å². The maximum Gasteiger partial charge on any atom is 0.307 e. The number of aliphatic carboxylic acids is 1. The van der Waals surface area contributed by atoms with Crippen molar-refractivity contribution in [1.82, 2.24) is 4.98 Å². The van der Waals surface area contributed by atoms with E-state index in [-0.39, 0.29) is 6.42 Å². The van der Waals surface area contributed by atoms with Crippen LogP contribution in [-0.4, -0.2) is 33.8 Å². The number of nitrogens with two attached hydrogens (primary N) is 2. The first-order valence-electron chi connectivity index (χ1n) is 11.3. The van der Waals surface area contributed by atoms with Crippen LogP contribution in [0.25, 0.3) is 31.9 Å². The zero-order chi connectivity index (χ0) is 26.8. The highest BCUT2D eigenvalue weighted by atomic mass is 35.5. The average molecular weight is 527 g/mol. The number of nitrogens with zero attached hydrogens (tertiary/aromatic N) is 2. The first-order chi connectivity index (χ1) is 16.7. The van der Waals surface area contributed by atoms with Gasteiger partial charge in [0.1, 0.15) is 5.01 Å². The number of aliphatic hydroxyl groups is 1. The summed E-state index contributed by atoms with van der Waals surface area (Å²) in [5.41, 5.74) is 12.0. The molecule has 4 aromatic rings. The predicted octanol–water partition coefficient (Wildman–Crippen LogP) is 5.89. The second-order valence-electron chi connectivity index (χ2n) is 9.55. The molecule has 0 amide bonds. The molecule has 0 fully saturated rings. The predicted molar refractivity (Wildman–Crippen MR) is 151 cm³/mol. The number of halogens is 1. The first-order valence-corrected chi connectivity index (χ1v) is 12.5. The minimum Gasteiger partial charge on any atom is -0.481 e. The Morgan fingerprint density at radius 2 is 1.69 bits per heavy atom. The SMILES string of the molecule is CC(C)(C)O.Cc1cc2nc(-c3ccc(N)c(N(C)N)c3)sc2c(-c2ccc(Cl)cc2)c1CC(=O)O. The summed E-state index contributed by atoms with van der Waals surface area (Å²) >= 11 is 7.60. The Hall–Kier alpha value is -3.17. The summed E-state index contributed by atoms with van der Waals surface area (Å²) in [5.74, 6) is 5.03. The van der Waals surface area contributed by atoms with Gasteiger partial charge in [-0.2, -0.15) is 0 Å². The molecule has 6 N–H and O–H groups in total. The molecule has 0 aliphatic heterocycles. The van der Waals surface area contributed by atoms with Crippen LogP contribution in [-0.2, 0) is 11.2 Å². The van der Waals surface area contributed by atoms with Crippen molar-refractivity contribution in [2.45, 2.75) is 39.7 Å². The average Bonchev–Trinajstić information content (AvgIpc) is 3.17. The van der Waals surface area contributed by atoms with Crippen molar-refractivity contribution in [2.75, 3.05) is 17.8 Å². The molecule has 7 nitrogen and oxygen atoms in total. The molecular weight excluding hydrogens is 496 g/mol. The molecule has 0 saturated carbocycles. The Morgan fingerprint density at radius 1 is 1.11 bits per heavy atom. The number of thiazole rings is 1. The number of hydrazine groups is 1. The van der Waals surface area contributed by atoms with E-state index in [1.165, 1.54) is 16.3 Å². The molecule has 3 aromatic carbocycles. The minimum absolute atomic E-state index is 0.0725. The fraction of sp³-hybridized carbons (Fsp3) is 0.259. The fourth-order valence-corrected chi connectivity index (χ4v) is 4.90. The van der Waals surface area contributed by atoms with Crippen molar-refractivity contribution >= 4 is 50.5 Å². The summed E-state index contributed by atoms with van der Waals surface area (Å²) in [6.07, 6.45) is -0.0725. The molecule has 1 aromatic heterocycles. The van der Waals surface area contributed by atoms with Gasteiger partial charge in [-0.15, -0.1) is 11.3 Å². The Labute approximate surface area is 219 Å². The molecule has 0 spiro atoms. The molecule has 4 rings (SSSR count). The number of carboxylic acid groups (broad SMARTS) is 1. The lowest BCUT2D eigenvalue weighted by Crippen LogP contribution is -2.25. The Kier molecular flexibility index (Phi) is 8.26. The molecule has 9 heteroatoms. The van der Waals surface area contributed by atoms with E-state index < -0.39 is 11.6 Å². The Bertz CT molecular complexity index is 1390. The molecule has 0 radical (unpaired) electrons. The van der Waals surface area contributed by atoms with Gasteiger partial charge in [0, 0.05) is 23.2 Å². The zero-order valence-electron chi connectivity index (χ0n) is 21.0. The van der Waals surface area contributed by atoms with Crippen LogP contribution in [0.5, 0.6) is 0 Å². The number of hydrogen-bond donors (Lipinski definition) is 4. The van der Waals surface area contributed by atoms with Crippen LogP contribution in [0.4, 0.5) is 11.4 Å². The molecule has 36 heavy (non-hydrogen) atoms. The third kappa shape index (κ3) is 6.73. The van der Waals surface area contributed by atoms with Gasteiger partial charge in [0.25, 0.3) is 0 Å². The van der Waals surface area contributed by atoms with Gasteiger partial charge in [0.15, 0.2) is 0 Å². The highest BCUT2D eigenvalue weighted by molar-refractivity contribution is 7.22. The van der Waals surface area contributed by atoms with E-state index in [2.05, 4.69) is 0 Å². The number of benzene rings is 3. The molecule has 0 bridgehead atoms. The Morgan fingerprint density at radius 3 is 2.25 bits per heavy atom. The highest BCUT2D eigenvalue weighted by Gasteiger charge is 2.20. The third-order valence-electron chi connectivity index (χ3n) is 5.13. The second kappa shape index (κ2) is 10.8. The van der Waals surface area contributed by atoms with E-state index in [9.17, 15) is 9.90 Å². The van der Waals surface area contributed by atoms with Gasteiger partial charge in [-0.1, -0.05) is 23.7 Å². The maximum absolute atomic E-state index is 11.6. The zero-order valence-corrected chi connectivity index (χ0v) is 22.5. The van der Waals surface area contributed by atoms with Crippen LogP contribution >= 0.6 is 22.9 Å². The molecule has 0 aliphatic carbocycles. The Balaban J connectivity index is 0.000000658. The number of carboxylic acids is 1. The summed E-state index contributed by atoms with van der Waals surface area (Å²) < 4.78 is 0.929. The standard InChI is InChI=1S/C23H21ClN4O2S.C4H10O/c1-12-9-18-22(21(16(12)11-20(29)30)13-3-6-15(24)7-4-13)31-23(27-18)14-5-8-17(25)19(10-14)28(2)26;1-4(2,3)5/h3-10H,11,25-26H2,1-2H3,(H,29,30);5H,1-3H3. The van der Waals surface area contributed by atoms with Crippen molar-refractivity contribution in [3.05, 3.63) is 64.7 Å². The maximum atomic E-state index is 11.6. The van der Waals surface area contributed by atoms with Gasteiger partial charge < -0.3 is 21.0 Å². The van der Waals surface area contributed by atoms with Crippen molar-refractivity contribution in [3.8, 4) is 21.7 Å². The van der Waals surface area contributed by atoms with Crippen molar-refractivity contribution < 1.29 is 15.0 Å². The van der Waals surface area contributed by atoms with Crippen LogP contribution in [0.15, 0.2) is 48.5 Å². The van der Waals surface area contributed by atoms with E-state index in [0.29, 0.717) is 16.4 Å². The minimum atomic E-state index is -0.878. The van der Waals surface area contributed by atoms with Crippen LogP contribution in [0.2, 0.25) is 5.02 Å². The number of nitrogen functional groups attached to an aromatic ring is 1. The number of hydrogen-bond acceptors (Lipinski definition) is 7. The van der Waals surface area contributed by atoms with Crippen molar-refractivity contribution in [3.63, 3.8) is 0 Å². The summed E-state index contributed by atoms with van der Waals surface area (Å²) in [6, 6.07) is 15.0. The normalized spacial score (nSPS) is 11.2. The van der Waals surface area contributed by atoms with Crippen LogP contribution < -0.4 is 16.6 Å². The third-order valence-corrected chi connectivity index (χ3v) is 6.52. The van der Waals surface area contributed by atoms with Gasteiger partial charge in [-0.25, -0.2) is 10.8 Å². The van der Waals surface area contributed by atoms with Crippen LogP contribution in [0.3, 0.4) is 0 Å². The van der Waals surface area contributed by atoms with Crippen molar-refractivity contribution in [2.24, 2.45) is 5.84 Å².